The maximum atomic E-state index is 11.7. The molecule has 0 aliphatic rings. The van der Waals surface area contributed by atoms with Gasteiger partial charge in [0.1, 0.15) is 5.75 Å². The maximum absolute atomic E-state index is 11.7. The minimum absolute atomic E-state index is 0.00978. The van der Waals surface area contributed by atoms with Crippen LogP contribution in [0.5, 0.6) is 5.75 Å². The molecule has 18 heavy (non-hydrogen) atoms. The molecular formula is C14H14O3S. The fourth-order valence-electron chi connectivity index (χ4n) is 1.54. The number of ketones is 1. The molecule has 0 saturated heterocycles. The van der Waals surface area contributed by atoms with Gasteiger partial charge in [0.15, 0.2) is 6.61 Å². The van der Waals surface area contributed by atoms with Gasteiger partial charge in [-0.25, -0.2) is 0 Å². The van der Waals surface area contributed by atoms with Crippen molar-refractivity contribution in [2.24, 2.45) is 0 Å². The molecule has 0 aliphatic heterocycles. The van der Waals surface area contributed by atoms with Crippen molar-refractivity contribution in [1.82, 2.24) is 0 Å². The average Bonchev–Trinajstić information content (AvgIpc) is 2.92. The van der Waals surface area contributed by atoms with Crippen LogP contribution >= 0.6 is 11.3 Å². The molecule has 0 bridgehead atoms. The van der Waals surface area contributed by atoms with Crippen molar-refractivity contribution in [3.8, 4) is 5.75 Å². The predicted octanol–water partition coefficient (Wildman–Crippen LogP) is 2.54. The van der Waals surface area contributed by atoms with E-state index in [0.29, 0.717) is 17.0 Å². The Morgan fingerprint density at radius 1 is 1.22 bits per heavy atom. The minimum Gasteiger partial charge on any atom is -0.485 e. The van der Waals surface area contributed by atoms with Gasteiger partial charge in [-0.1, -0.05) is 18.2 Å². The van der Waals surface area contributed by atoms with Crippen molar-refractivity contribution in [1.29, 1.82) is 0 Å². The molecule has 2 aromatic rings. The molecule has 4 heteroatoms. The monoisotopic (exact) mass is 262 g/mol. The van der Waals surface area contributed by atoms with Crippen molar-refractivity contribution in [3.63, 3.8) is 0 Å². The van der Waals surface area contributed by atoms with Crippen molar-refractivity contribution in [2.45, 2.75) is 6.42 Å². The van der Waals surface area contributed by atoms with Crippen molar-refractivity contribution >= 4 is 17.1 Å². The molecule has 0 saturated carbocycles. The second-order valence-electron chi connectivity index (χ2n) is 3.81. The Kier molecular flexibility index (Phi) is 4.50. The third-order valence-electron chi connectivity index (χ3n) is 2.49. The molecule has 0 atom stereocenters. The van der Waals surface area contributed by atoms with Gasteiger partial charge in [0.2, 0.25) is 5.78 Å². The van der Waals surface area contributed by atoms with E-state index >= 15 is 0 Å². The first-order chi connectivity index (χ1) is 8.79. The third-order valence-corrected chi connectivity index (χ3v) is 3.40. The van der Waals surface area contributed by atoms with E-state index in [2.05, 4.69) is 0 Å². The number of carbonyl (C=O) groups excluding carboxylic acids is 1. The summed E-state index contributed by atoms with van der Waals surface area (Å²) in [5.74, 6) is 0.658. The van der Waals surface area contributed by atoms with Gasteiger partial charge in [0.05, 0.1) is 4.88 Å². The highest BCUT2D eigenvalue weighted by Gasteiger charge is 2.07. The number of thiophene rings is 1. The molecule has 1 heterocycles. The second kappa shape index (κ2) is 6.33. The van der Waals surface area contributed by atoms with E-state index in [0.717, 1.165) is 5.56 Å². The summed E-state index contributed by atoms with van der Waals surface area (Å²) >= 11 is 1.42. The molecule has 0 fully saturated rings. The molecule has 0 unspecified atom stereocenters. The molecule has 1 N–H and O–H groups in total. The Morgan fingerprint density at radius 3 is 2.61 bits per heavy atom. The molecule has 2 rings (SSSR count). The predicted molar refractivity (Wildman–Crippen MR) is 71.4 cm³/mol. The fraction of sp³-hybridized carbons (Fsp3) is 0.214. The van der Waals surface area contributed by atoms with Gasteiger partial charge < -0.3 is 9.84 Å². The number of aliphatic hydroxyl groups is 1. The Hall–Kier alpha value is -1.65. The molecule has 94 valence electrons. The van der Waals surface area contributed by atoms with Crippen molar-refractivity contribution in [3.05, 3.63) is 52.2 Å². The largest absolute Gasteiger partial charge is 0.485 e. The third kappa shape index (κ3) is 3.42. The molecule has 0 spiro atoms. The van der Waals surface area contributed by atoms with Crippen LogP contribution in [-0.2, 0) is 6.42 Å². The van der Waals surface area contributed by atoms with Gasteiger partial charge in [0, 0.05) is 6.61 Å². The Labute approximate surface area is 110 Å². The number of rotatable bonds is 6. The van der Waals surface area contributed by atoms with Gasteiger partial charge in [-0.3, -0.25) is 4.79 Å². The number of hydrogen-bond donors (Lipinski definition) is 1. The molecule has 0 aliphatic carbocycles. The van der Waals surface area contributed by atoms with Crippen LogP contribution in [0.2, 0.25) is 0 Å². The van der Waals surface area contributed by atoms with Crippen LogP contribution in [0, 0.1) is 0 Å². The van der Waals surface area contributed by atoms with E-state index in [4.69, 9.17) is 9.84 Å². The first kappa shape index (κ1) is 12.8. The number of ether oxygens (including phenoxy) is 1. The first-order valence-corrected chi connectivity index (χ1v) is 6.57. The first-order valence-electron chi connectivity index (χ1n) is 5.69. The maximum Gasteiger partial charge on any atom is 0.210 e. The topological polar surface area (TPSA) is 46.5 Å². The average molecular weight is 262 g/mol. The summed E-state index contributed by atoms with van der Waals surface area (Å²) in [5.41, 5.74) is 1.05. The van der Waals surface area contributed by atoms with Crippen LogP contribution in [0.1, 0.15) is 15.2 Å². The molecule has 3 nitrogen and oxygen atoms in total. The summed E-state index contributed by atoms with van der Waals surface area (Å²) in [4.78, 5) is 12.4. The zero-order valence-corrected chi connectivity index (χ0v) is 10.7. The molecule has 0 radical (unpaired) electrons. The lowest BCUT2D eigenvalue weighted by Gasteiger charge is -2.05. The van der Waals surface area contributed by atoms with E-state index in [9.17, 15) is 4.79 Å². The van der Waals surface area contributed by atoms with Crippen molar-refractivity contribution in [2.75, 3.05) is 13.2 Å². The normalized spacial score (nSPS) is 10.3. The molecule has 1 aromatic heterocycles. The summed E-state index contributed by atoms with van der Waals surface area (Å²) < 4.78 is 5.42. The lowest BCUT2D eigenvalue weighted by molar-refractivity contribution is 0.0925. The second-order valence-corrected chi connectivity index (χ2v) is 4.75. The van der Waals surface area contributed by atoms with Gasteiger partial charge in [-0.2, -0.15) is 0 Å². The summed E-state index contributed by atoms with van der Waals surface area (Å²) in [6, 6.07) is 11.0. The zero-order valence-electron chi connectivity index (χ0n) is 9.83. The highest BCUT2D eigenvalue weighted by molar-refractivity contribution is 7.12. The molecular weight excluding hydrogens is 248 g/mol. The van der Waals surface area contributed by atoms with Gasteiger partial charge in [0.25, 0.3) is 0 Å². The summed E-state index contributed by atoms with van der Waals surface area (Å²) in [7, 11) is 0. The number of carbonyl (C=O) groups is 1. The highest BCUT2D eigenvalue weighted by atomic mass is 32.1. The van der Waals surface area contributed by atoms with Gasteiger partial charge >= 0.3 is 0 Å². The van der Waals surface area contributed by atoms with Crippen LogP contribution in [-0.4, -0.2) is 24.1 Å². The summed E-state index contributed by atoms with van der Waals surface area (Å²) in [5, 5.41) is 10.7. The van der Waals surface area contributed by atoms with E-state index in [1.807, 2.05) is 35.7 Å². The Balaban J connectivity index is 1.88. The smallest absolute Gasteiger partial charge is 0.210 e. The number of benzene rings is 1. The Morgan fingerprint density at radius 2 is 2.00 bits per heavy atom. The SMILES string of the molecule is O=C(COc1ccc(CCO)cc1)c1cccs1. The Bertz CT molecular complexity index is 488. The standard InChI is InChI=1S/C14H14O3S/c15-8-7-11-3-5-12(6-4-11)17-10-13(16)14-2-1-9-18-14/h1-6,9,15H,7-8,10H2. The molecule has 0 amide bonds. The number of hydrogen-bond acceptors (Lipinski definition) is 4. The minimum atomic E-state index is -0.00978. The van der Waals surface area contributed by atoms with Gasteiger partial charge in [-0.05, 0) is 35.6 Å². The number of aliphatic hydroxyl groups excluding tert-OH is 1. The van der Waals surface area contributed by atoms with Crippen LogP contribution in [0.25, 0.3) is 0 Å². The quantitative estimate of drug-likeness (QED) is 0.814. The lowest BCUT2D eigenvalue weighted by atomic mass is 10.1. The zero-order chi connectivity index (χ0) is 12.8. The lowest BCUT2D eigenvalue weighted by Crippen LogP contribution is -2.10. The van der Waals surface area contributed by atoms with Crippen LogP contribution in [0.4, 0.5) is 0 Å². The highest BCUT2D eigenvalue weighted by Crippen LogP contribution is 2.14. The van der Waals surface area contributed by atoms with Crippen LogP contribution < -0.4 is 4.74 Å². The van der Waals surface area contributed by atoms with E-state index in [1.54, 1.807) is 6.07 Å². The molecule has 1 aromatic carbocycles. The number of Topliss-reactive ketones (excluding diaryl/α,β-unsaturated/α-hetero) is 1. The van der Waals surface area contributed by atoms with Gasteiger partial charge in [-0.15, -0.1) is 11.3 Å². The van der Waals surface area contributed by atoms with Crippen molar-refractivity contribution < 1.29 is 14.6 Å². The summed E-state index contributed by atoms with van der Waals surface area (Å²) in [6.07, 6.45) is 0.633. The fourth-order valence-corrected chi connectivity index (χ4v) is 2.19. The van der Waals surface area contributed by atoms with Crippen LogP contribution in [0.3, 0.4) is 0 Å². The van der Waals surface area contributed by atoms with Crippen LogP contribution in [0.15, 0.2) is 41.8 Å². The van der Waals surface area contributed by atoms with E-state index in [1.165, 1.54) is 11.3 Å². The van der Waals surface area contributed by atoms with E-state index in [-0.39, 0.29) is 19.0 Å². The van der Waals surface area contributed by atoms with E-state index < -0.39 is 0 Å². The summed E-state index contributed by atoms with van der Waals surface area (Å²) in [6.45, 7) is 0.191.